The summed E-state index contributed by atoms with van der Waals surface area (Å²) >= 11 is 12.2. The minimum absolute atomic E-state index is 0.0471. The van der Waals surface area contributed by atoms with Crippen LogP contribution in [0.4, 0.5) is 5.95 Å². The van der Waals surface area contributed by atoms with Gasteiger partial charge in [-0.3, -0.25) is 0 Å². The first-order valence-corrected chi connectivity index (χ1v) is 7.65. The molecule has 0 saturated heterocycles. The largest absolute Gasteiger partial charge is 0.395 e. The normalized spacial score (nSPS) is 11.3. The van der Waals surface area contributed by atoms with Gasteiger partial charge in [0.1, 0.15) is 0 Å². The van der Waals surface area contributed by atoms with E-state index < -0.39 is 0 Å². The molecule has 23 heavy (non-hydrogen) atoms. The van der Waals surface area contributed by atoms with E-state index in [-0.39, 0.29) is 19.2 Å². The Labute approximate surface area is 143 Å². The van der Waals surface area contributed by atoms with E-state index in [1.807, 2.05) is 0 Å². The van der Waals surface area contributed by atoms with Crippen LogP contribution in [0.1, 0.15) is 11.5 Å². The standard InChI is InChI=1S/C14H16Cl2N4O3/c15-11-2-1-3-12(16)10(11)8-13-18-14(19-23-13)17-9-20(4-6-21)5-7-22/h1-3,9,21-22H,4-8H2/b17-9+. The molecule has 0 atom stereocenters. The summed E-state index contributed by atoms with van der Waals surface area (Å²) in [6.07, 6.45) is 1.75. The minimum Gasteiger partial charge on any atom is -0.395 e. The number of aliphatic imine (C=N–C) groups is 1. The predicted molar refractivity (Wildman–Crippen MR) is 87.5 cm³/mol. The van der Waals surface area contributed by atoms with E-state index in [0.717, 1.165) is 0 Å². The lowest BCUT2D eigenvalue weighted by Crippen LogP contribution is -2.28. The number of aliphatic hydroxyl groups is 2. The molecule has 9 heteroatoms. The van der Waals surface area contributed by atoms with Crippen LogP contribution in [0.2, 0.25) is 10.0 Å². The van der Waals surface area contributed by atoms with Crippen LogP contribution in [-0.2, 0) is 6.42 Å². The summed E-state index contributed by atoms with van der Waals surface area (Å²) in [4.78, 5) is 9.82. The van der Waals surface area contributed by atoms with Crippen molar-refractivity contribution < 1.29 is 14.7 Å². The van der Waals surface area contributed by atoms with Crippen molar-refractivity contribution in [1.82, 2.24) is 15.0 Å². The molecule has 0 aliphatic rings. The number of hydrogen-bond donors (Lipinski definition) is 2. The van der Waals surface area contributed by atoms with Crippen LogP contribution in [0.3, 0.4) is 0 Å². The topological polar surface area (TPSA) is 95.0 Å². The molecular formula is C14H16Cl2N4O3. The highest BCUT2D eigenvalue weighted by Gasteiger charge is 2.12. The molecule has 2 aromatic rings. The van der Waals surface area contributed by atoms with Gasteiger partial charge >= 0.3 is 0 Å². The van der Waals surface area contributed by atoms with E-state index in [4.69, 9.17) is 37.9 Å². The smallest absolute Gasteiger partial charge is 0.291 e. The van der Waals surface area contributed by atoms with Gasteiger partial charge in [-0.1, -0.05) is 29.3 Å². The van der Waals surface area contributed by atoms with E-state index in [0.29, 0.717) is 41.0 Å². The molecule has 0 unspecified atom stereocenters. The number of hydrogen-bond acceptors (Lipinski definition) is 6. The first-order chi connectivity index (χ1) is 11.1. The molecule has 0 radical (unpaired) electrons. The van der Waals surface area contributed by atoms with Gasteiger partial charge in [-0.15, -0.1) is 0 Å². The highest BCUT2D eigenvalue weighted by Crippen LogP contribution is 2.26. The molecule has 0 aliphatic heterocycles. The Kier molecular flexibility index (Phi) is 6.79. The fraction of sp³-hybridized carbons (Fsp3) is 0.357. The minimum atomic E-state index is -0.0471. The SMILES string of the molecule is OCCN(/C=N/c1noc(Cc2c(Cl)cccc2Cl)n1)CCO. The number of aliphatic hydroxyl groups excluding tert-OH is 2. The Morgan fingerprint density at radius 1 is 1.17 bits per heavy atom. The third-order valence-electron chi connectivity index (χ3n) is 2.96. The van der Waals surface area contributed by atoms with Gasteiger partial charge in [-0.25, -0.2) is 0 Å². The zero-order valence-corrected chi connectivity index (χ0v) is 13.7. The molecule has 1 heterocycles. The fourth-order valence-corrected chi connectivity index (χ4v) is 2.37. The van der Waals surface area contributed by atoms with Gasteiger partial charge in [-0.2, -0.15) is 9.98 Å². The van der Waals surface area contributed by atoms with Crippen molar-refractivity contribution >= 4 is 35.5 Å². The lowest BCUT2D eigenvalue weighted by molar-refractivity contribution is 0.215. The lowest BCUT2D eigenvalue weighted by Gasteiger charge is -2.15. The molecule has 2 N–H and O–H groups in total. The monoisotopic (exact) mass is 358 g/mol. The summed E-state index contributed by atoms with van der Waals surface area (Å²) in [5.74, 6) is 0.479. The second-order valence-electron chi connectivity index (χ2n) is 4.59. The Morgan fingerprint density at radius 2 is 1.83 bits per heavy atom. The second kappa shape index (κ2) is 8.83. The molecule has 0 amide bonds. The number of aromatic nitrogens is 2. The molecule has 0 aliphatic carbocycles. The van der Waals surface area contributed by atoms with Gasteiger partial charge in [0.25, 0.3) is 5.95 Å². The van der Waals surface area contributed by atoms with Crippen molar-refractivity contribution in [3.05, 3.63) is 39.7 Å². The molecule has 0 bridgehead atoms. The van der Waals surface area contributed by atoms with Crippen molar-refractivity contribution in [3.63, 3.8) is 0 Å². The van der Waals surface area contributed by atoms with Crippen LogP contribution >= 0.6 is 23.2 Å². The van der Waals surface area contributed by atoms with Gasteiger partial charge in [0.15, 0.2) is 0 Å². The maximum Gasteiger partial charge on any atom is 0.291 e. The quantitative estimate of drug-likeness (QED) is 0.552. The summed E-state index contributed by atoms with van der Waals surface area (Å²) < 4.78 is 5.12. The Morgan fingerprint density at radius 3 is 2.43 bits per heavy atom. The van der Waals surface area contributed by atoms with Crippen LogP contribution in [0.15, 0.2) is 27.7 Å². The Balaban J connectivity index is 2.05. The average Bonchev–Trinajstić information content (AvgIpc) is 2.97. The number of nitrogens with zero attached hydrogens (tertiary/aromatic N) is 4. The van der Waals surface area contributed by atoms with E-state index in [2.05, 4.69) is 15.1 Å². The van der Waals surface area contributed by atoms with E-state index in [9.17, 15) is 0 Å². The molecule has 7 nitrogen and oxygen atoms in total. The molecule has 1 aromatic heterocycles. The molecule has 124 valence electrons. The third-order valence-corrected chi connectivity index (χ3v) is 3.67. The van der Waals surface area contributed by atoms with Crippen LogP contribution in [0.25, 0.3) is 0 Å². The van der Waals surface area contributed by atoms with Gasteiger partial charge in [0, 0.05) is 23.1 Å². The molecule has 2 rings (SSSR count). The highest BCUT2D eigenvalue weighted by molar-refractivity contribution is 6.36. The van der Waals surface area contributed by atoms with Gasteiger partial charge in [-0.05, 0) is 22.9 Å². The van der Waals surface area contributed by atoms with Gasteiger partial charge in [0.05, 0.1) is 26.0 Å². The number of benzene rings is 1. The van der Waals surface area contributed by atoms with Crippen LogP contribution in [-0.4, -0.2) is 57.9 Å². The lowest BCUT2D eigenvalue weighted by atomic mass is 10.1. The van der Waals surface area contributed by atoms with Crippen molar-refractivity contribution in [3.8, 4) is 0 Å². The van der Waals surface area contributed by atoms with E-state index in [1.54, 1.807) is 23.1 Å². The maximum atomic E-state index is 8.92. The first-order valence-electron chi connectivity index (χ1n) is 6.89. The van der Waals surface area contributed by atoms with Crippen molar-refractivity contribution in [1.29, 1.82) is 0 Å². The number of halogens is 2. The zero-order chi connectivity index (χ0) is 16.7. The van der Waals surface area contributed by atoms with Crippen molar-refractivity contribution in [2.45, 2.75) is 6.42 Å². The summed E-state index contributed by atoms with van der Waals surface area (Å²) in [5.41, 5.74) is 0.706. The summed E-state index contributed by atoms with van der Waals surface area (Å²) in [6.45, 7) is 0.608. The first kappa shape index (κ1) is 17.7. The summed E-state index contributed by atoms with van der Waals surface area (Å²) in [5, 5.41) is 22.6. The van der Waals surface area contributed by atoms with Crippen molar-refractivity contribution in [2.24, 2.45) is 4.99 Å². The van der Waals surface area contributed by atoms with Crippen LogP contribution in [0.5, 0.6) is 0 Å². The Bertz CT molecular complexity index is 637. The van der Waals surface area contributed by atoms with Crippen LogP contribution in [0, 0.1) is 0 Å². The molecule has 0 saturated carbocycles. The molecule has 0 fully saturated rings. The molecular weight excluding hydrogens is 343 g/mol. The summed E-state index contributed by atoms with van der Waals surface area (Å²) in [6, 6.07) is 5.23. The van der Waals surface area contributed by atoms with E-state index in [1.165, 1.54) is 6.34 Å². The average molecular weight is 359 g/mol. The summed E-state index contributed by atoms with van der Waals surface area (Å²) in [7, 11) is 0. The third kappa shape index (κ3) is 5.18. The van der Waals surface area contributed by atoms with Crippen LogP contribution < -0.4 is 0 Å². The fourth-order valence-electron chi connectivity index (χ4n) is 1.84. The van der Waals surface area contributed by atoms with Crippen molar-refractivity contribution in [2.75, 3.05) is 26.3 Å². The molecule has 0 spiro atoms. The maximum absolute atomic E-state index is 8.92. The van der Waals surface area contributed by atoms with E-state index >= 15 is 0 Å². The highest BCUT2D eigenvalue weighted by atomic mass is 35.5. The zero-order valence-electron chi connectivity index (χ0n) is 12.2. The second-order valence-corrected chi connectivity index (χ2v) is 5.41. The Hall–Kier alpha value is -1.67. The van der Waals surface area contributed by atoms with Gasteiger partial charge < -0.3 is 19.6 Å². The molecule has 1 aromatic carbocycles. The predicted octanol–water partition coefficient (Wildman–Crippen LogP) is 1.91. The number of rotatable bonds is 8. The van der Waals surface area contributed by atoms with Gasteiger partial charge in [0.2, 0.25) is 5.89 Å².